The molecule has 0 unspecified atom stereocenters. The van der Waals surface area contributed by atoms with E-state index >= 15 is 0 Å². The largest absolute Gasteiger partial charge is 0.481 e. The zero-order valence-electron chi connectivity index (χ0n) is 8.85. The summed E-state index contributed by atoms with van der Waals surface area (Å²) in [5, 5.41) is 16.3. The molecule has 16 heavy (non-hydrogen) atoms. The van der Waals surface area contributed by atoms with Gasteiger partial charge in [-0.2, -0.15) is 0 Å². The van der Waals surface area contributed by atoms with Crippen LogP contribution in [0.2, 0.25) is 0 Å². The summed E-state index contributed by atoms with van der Waals surface area (Å²) >= 11 is 0. The first-order chi connectivity index (χ1) is 7.59. The Morgan fingerprint density at radius 3 is 1.25 bits per heavy atom. The van der Waals surface area contributed by atoms with Crippen molar-refractivity contribution in [2.75, 3.05) is 0 Å². The molecular formula is C12H14O4. The highest BCUT2D eigenvalue weighted by Crippen LogP contribution is 2.29. The number of unbranched alkanes of at least 4 members (excludes halogenated alkanes) is 1. The molecule has 0 saturated heterocycles. The van der Waals surface area contributed by atoms with Crippen LogP contribution < -0.4 is 0 Å². The number of hydrogen-bond donors (Lipinski definition) is 2. The number of carboxylic acids is 2. The summed E-state index contributed by atoms with van der Waals surface area (Å²) in [6, 6.07) is 8.48. The van der Waals surface area contributed by atoms with E-state index in [9.17, 15) is 9.59 Å². The van der Waals surface area contributed by atoms with Crippen molar-refractivity contribution in [1.29, 1.82) is 0 Å². The van der Waals surface area contributed by atoms with Crippen molar-refractivity contribution in [1.82, 2.24) is 0 Å². The average Bonchev–Trinajstić information content (AvgIpc) is 2.19. The molecule has 4 heteroatoms. The predicted octanol–water partition coefficient (Wildman–Crippen LogP) is 2.38. The summed E-state index contributed by atoms with van der Waals surface area (Å²) in [6.07, 6.45) is 1.02. The third-order valence-electron chi connectivity index (χ3n) is 2.25. The number of benzene rings is 1. The molecule has 0 heterocycles. The smallest absolute Gasteiger partial charge is 0.303 e. The first kappa shape index (κ1) is 12.2. The molecule has 2 aliphatic rings. The van der Waals surface area contributed by atoms with E-state index in [1.165, 1.54) is 11.1 Å². The maximum Gasteiger partial charge on any atom is 0.303 e. The van der Waals surface area contributed by atoms with Crippen molar-refractivity contribution in [3.05, 3.63) is 24.3 Å². The molecule has 0 aromatic heterocycles. The number of fused-ring (bicyclic) bond motifs is 1. The lowest BCUT2D eigenvalue weighted by Gasteiger charge is -2.10. The average molecular weight is 222 g/mol. The predicted molar refractivity (Wildman–Crippen MR) is 59.2 cm³/mol. The zero-order chi connectivity index (χ0) is 12.0. The molecule has 2 rings (SSSR count). The summed E-state index contributed by atoms with van der Waals surface area (Å²) in [5.74, 6) is -1.74. The van der Waals surface area contributed by atoms with Gasteiger partial charge in [0.05, 0.1) is 0 Å². The van der Waals surface area contributed by atoms with Gasteiger partial charge in [0.15, 0.2) is 0 Å². The van der Waals surface area contributed by atoms with Crippen LogP contribution in [0, 0.1) is 0 Å². The Kier molecular flexibility index (Phi) is 4.51. The van der Waals surface area contributed by atoms with Gasteiger partial charge in [-0.15, -0.1) is 0 Å². The molecular weight excluding hydrogens is 208 g/mol. The molecule has 2 N–H and O–H groups in total. The molecule has 0 fully saturated rings. The van der Waals surface area contributed by atoms with Gasteiger partial charge in [-0.3, -0.25) is 9.59 Å². The lowest BCUT2D eigenvalue weighted by atomic mass is 9.95. The fourth-order valence-corrected chi connectivity index (χ4v) is 1.22. The van der Waals surface area contributed by atoms with Crippen molar-refractivity contribution < 1.29 is 19.8 Å². The number of hydrogen-bond acceptors (Lipinski definition) is 2. The van der Waals surface area contributed by atoms with Gasteiger partial charge >= 0.3 is 11.9 Å². The number of rotatable bonds is 5. The van der Waals surface area contributed by atoms with E-state index < -0.39 is 11.9 Å². The maximum absolute atomic E-state index is 9.90. The minimum atomic E-state index is -0.870. The second kappa shape index (κ2) is 5.90. The van der Waals surface area contributed by atoms with Gasteiger partial charge in [0.2, 0.25) is 0 Å². The van der Waals surface area contributed by atoms with Gasteiger partial charge < -0.3 is 10.2 Å². The minimum absolute atomic E-state index is 0.0628. The highest BCUT2D eigenvalue weighted by Gasteiger charge is 2.04. The fraction of sp³-hybridized carbons (Fsp3) is 0.333. The van der Waals surface area contributed by atoms with Crippen molar-refractivity contribution in [2.45, 2.75) is 25.7 Å². The van der Waals surface area contributed by atoms with Gasteiger partial charge in [0.25, 0.3) is 0 Å². The standard InChI is InChI=1S/C6H10O4.C6H4/c7-5(8)3-1-2-4-6(9)10;1-2-6-4-3-5(1)6/h1-4H2,(H,7,8)(H,9,10);1-4H. The van der Waals surface area contributed by atoms with E-state index in [4.69, 9.17) is 10.2 Å². The zero-order valence-corrected chi connectivity index (χ0v) is 8.85. The van der Waals surface area contributed by atoms with Crippen LogP contribution >= 0.6 is 0 Å². The maximum atomic E-state index is 9.90. The molecule has 0 aliphatic heterocycles. The Balaban J connectivity index is 0.000000176. The van der Waals surface area contributed by atoms with E-state index in [0.29, 0.717) is 12.8 Å². The van der Waals surface area contributed by atoms with Crippen LogP contribution in [0.1, 0.15) is 25.7 Å². The Morgan fingerprint density at radius 2 is 1.12 bits per heavy atom. The Bertz CT molecular complexity index is 330. The highest BCUT2D eigenvalue weighted by molar-refractivity contribution is 5.75. The fourth-order valence-electron chi connectivity index (χ4n) is 1.22. The van der Waals surface area contributed by atoms with Gasteiger partial charge in [0, 0.05) is 12.8 Å². The Labute approximate surface area is 93.5 Å². The van der Waals surface area contributed by atoms with Crippen LogP contribution in [0.5, 0.6) is 0 Å². The molecule has 0 atom stereocenters. The molecule has 2 aliphatic carbocycles. The number of carbonyl (C=O) groups is 2. The summed E-state index contributed by atoms with van der Waals surface area (Å²) in [6.45, 7) is 0. The third-order valence-corrected chi connectivity index (χ3v) is 2.25. The van der Waals surface area contributed by atoms with Crippen LogP contribution in [0.4, 0.5) is 0 Å². The molecule has 0 radical (unpaired) electrons. The number of carboxylic acid groups (broad SMARTS) is 2. The summed E-state index contributed by atoms with van der Waals surface area (Å²) in [4.78, 5) is 19.8. The topological polar surface area (TPSA) is 74.6 Å². The third kappa shape index (κ3) is 4.13. The summed E-state index contributed by atoms with van der Waals surface area (Å²) in [5.41, 5.74) is 2.85. The van der Waals surface area contributed by atoms with E-state index in [-0.39, 0.29) is 12.8 Å². The molecule has 0 aromatic rings. The van der Waals surface area contributed by atoms with Gasteiger partial charge in [0.1, 0.15) is 0 Å². The molecule has 0 spiro atoms. The second-order valence-corrected chi connectivity index (χ2v) is 3.57. The van der Waals surface area contributed by atoms with E-state index in [1.54, 1.807) is 0 Å². The molecule has 0 aromatic carbocycles. The van der Waals surface area contributed by atoms with Crippen LogP contribution in [0.25, 0.3) is 11.1 Å². The quantitative estimate of drug-likeness (QED) is 0.761. The Morgan fingerprint density at radius 1 is 0.812 bits per heavy atom. The van der Waals surface area contributed by atoms with E-state index in [0.717, 1.165) is 0 Å². The first-order valence-electron chi connectivity index (χ1n) is 5.13. The molecule has 0 amide bonds. The lowest BCUT2D eigenvalue weighted by Crippen LogP contribution is -1.97. The molecule has 4 nitrogen and oxygen atoms in total. The molecule has 0 saturated carbocycles. The Hall–Kier alpha value is -1.84. The van der Waals surface area contributed by atoms with Gasteiger partial charge in [-0.05, 0) is 24.0 Å². The first-order valence-corrected chi connectivity index (χ1v) is 5.13. The number of aliphatic carboxylic acids is 2. The monoisotopic (exact) mass is 222 g/mol. The van der Waals surface area contributed by atoms with Crippen LogP contribution in [-0.2, 0) is 9.59 Å². The van der Waals surface area contributed by atoms with Gasteiger partial charge in [-0.1, -0.05) is 24.3 Å². The highest BCUT2D eigenvalue weighted by atomic mass is 16.4. The van der Waals surface area contributed by atoms with Crippen molar-refractivity contribution in [3.8, 4) is 11.1 Å². The summed E-state index contributed by atoms with van der Waals surface area (Å²) < 4.78 is 0. The lowest BCUT2D eigenvalue weighted by molar-refractivity contribution is -0.139. The normalized spacial score (nSPS) is 10.0. The van der Waals surface area contributed by atoms with Crippen LogP contribution in [-0.4, -0.2) is 22.2 Å². The van der Waals surface area contributed by atoms with Crippen molar-refractivity contribution in [2.24, 2.45) is 0 Å². The van der Waals surface area contributed by atoms with Crippen LogP contribution in [0.15, 0.2) is 24.3 Å². The van der Waals surface area contributed by atoms with Crippen molar-refractivity contribution >= 4 is 11.9 Å². The van der Waals surface area contributed by atoms with E-state index in [2.05, 4.69) is 24.3 Å². The van der Waals surface area contributed by atoms with Gasteiger partial charge in [-0.25, -0.2) is 0 Å². The molecule has 0 bridgehead atoms. The minimum Gasteiger partial charge on any atom is -0.481 e. The molecule has 86 valence electrons. The summed E-state index contributed by atoms with van der Waals surface area (Å²) in [7, 11) is 0. The van der Waals surface area contributed by atoms with Crippen molar-refractivity contribution in [3.63, 3.8) is 0 Å². The second-order valence-electron chi connectivity index (χ2n) is 3.57. The SMILES string of the molecule is O=C(O)CCCCC(=O)O.c1cc2ccc1-2. The van der Waals surface area contributed by atoms with E-state index in [1.807, 2.05) is 0 Å². The van der Waals surface area contributed by atoms with Crippen LogP contribution in [0.3, 0.4) is 0 Å².